The highest BCUT2D eigenvalue weighted by atomic mass is 35.5. The molecule has 0 bridgehead atoms. The summed E-state index contributed by atoms with van der Waals surface area (Å²) >= 11 is 4.81. The summed E-state index contributed by atoms with van der Waals surface area (Å²) in [5.41, 5.74) is -0.705. The van der Waals surface area contributed by atoms with Crippen LogP contribution in [-0.2, 0) is 4.79 Å². The third kappa shape index (κ3) is 2.63. The molecule has 60 valence electrons. The topological polar surface area (TPSA) is 17.1 Å². The zero-order valence-electron chi connectivity index (χ0n) is 5.53. The molecule has 0 aromatic rings. The van der Waals surface area contributed by atoms with E-state index in [0.29, 0.717) is 6.08 Å². The number of carbonyl (C=O) groups is 1. The molecular formula is C7H5ClF2O. The standard InChI is InChI=1S/C7H5ClF2O/c1-3-5(9)6(10)4(2)7(8)11/h3H,1-2H2/b6-5-. The third-order valence-corrected chi connectivity index (χ3v) is 1.12. The van der Waals surface area contributed by atoms with Crippen molar-refractivity contribution >= 4 is 16.8 Å². The van der Waals surface area contributed by atoms with Crippen LogP contribution in [0.25, 0.3) is 0 Å². The second-order valence-electron chi connectivity index (χ2n) is 1.62. The lowest BCUT2D eigenvalue weighted by molar-refractivity contribution is -0.108. The van der Waals surface area contributed by atoms with Gasteiger partial charge < -0.3 is 0 Å². The number of halogens is 3. The Balaban J connectivity index is 4.74. The minimum atomic E-state index is -1.37. The van der Waals surface area contributed by atoms with Crippen molar-refractivity contribution in [2.45, 2.75) is 0 Å². The molecule has 0 unspecified atom stereocenters. The van der Waals surface area contributed by atoms with Crippen LogP contribution in [0.1, 0.15) is 0 Å². The number of hydrogen-bond acceptors (Lipinski definition) is 1. The highest BCUT2D eigenvalue weighted by molar-refractivity contribution is 6.68. The molecule has 0 aliphatic heterocycles. The summed E-state index contributed by atoms with van der Waals surface area (Å²) < 4.78 is 24.7. The van der Waals surface area contributed by atoms with Crippen LogP contribution in [0, 0.1) is 0 Å². The predicted octanol–water partition coefficient (Wildman–Crippen LogP) is 2.64. The van der Waals surface area contributed by atoms with Crippen molar-refractivity contribution < 1.29 is 13.6 Å². The monoisotopic (exact) mass is 178 g/mol. The zero-order chi connectivity index (χ0) is 9.02. The van der Waals surface area contributed by atoms with E-state index in [-0.39, 0.29) is 0 Å². The Bertz CT molecular complexity index is 243. The summed E-state index contributed by atoms with van der Waals surface area (Å²) in [5.74, 6) is -2.62. The Morgan fingerprint density at radius 3 is 2.18 bits per heavy atom. The largest absolute Gasteiger partial charge is 0.276 e. The smallest absolute Gasteiger partial charge is 0.254 e. The molecular weight excluding hydrogens is 174 g/mol. The van der Waals surface area contributed by atoms with Gasteiger partial charge in [-0.15, -0.1) is 0 Å². The molecule has 0 radical (unpaired) electrons. The second-order valence-corrected chi connectivity index (χ2v) is 1.96. The van der Waals surface area contributed by atoms with E-state index in [0.717, 1.165) is 0 Å². The summed E-state index contributed by atoms with van der Waals surface area (Å²) in [6.07, 6.45) is 0.625. The van der Waals surface area contributed by atoms with Crippen molar-refractivity contribution in [3.63, 3.8) is 0 Å². The van der Waals surface area contributed by atoms with Gasteiger partial charge >= 0.3 is 0 Å². The molecule has 0 heterocycles. The van der Waals surface area contributed by atoms with Gasteiger partial charge in [-0.05, 0) is 17.7 Å². The SMILES string of the molecule is C=C/C(F)=C(/F)C(=C)C(=O)Cl. The van der Waals surface area contributed by atoms with Gasteiger partial charge in [-0.2, -0.15) is 0 Å². The Labute approximate surface area is 67.7 Å². The van der Waals surface area contributed by atoms with Crippen LogP contribution < -0.4 is 0 Å². The summed E-state index contributed by atoms with van der Waals surface area (Å²) in [5, 5.41) is -1.13. The Morgan fingerprint density at radius 2 is 1.91 bits per heavy atom. The summed E-state index contributed by atoms with van der Waals surface area (Å²) in [4.78, 5) is 10.2. The first-order valence-corrected chi connectivity index (χ1v) is 2.95. The van der Waals surface area contributed by atoms with E-state index in [9.17, 15) is 13.6 Å². The van der Waals surface area contributed by atoms with Gasteiger partial charge in [0.05, 0.1) is 5.57 Å². The fourth-order valence-electron chi connectivity index (χ4n) is 0.320. The number of rotatable bonds is 3. The zero-order valence-corrected chi connectivity index (χ0v) is 6.29. The van der Waals surface area contributed by atoms with Crippen LogP contribution in [0.5, 0.6) is 0 Å². The maximum atomic E-state index is 12.5. The fraction of sp³-hybridized carbons (Fsp3) is 0. The molecule has 0 fully saturated rings. The van der Waals surface area contributed by atoms with E-state index in [1.54, 1.807) is 0 Å². The molecule has 11 heavy (non-hydrogen) atoms. The molecule has 0 amide bonds. The van der Waals surface area contributed by atoms with E-state index < -0.39 is 22.5 Å². The van der Waals surface area contributed by atoms with Crippen molar-refractivity contribution in [2.24, 2.45) is 0 Å². The number of allylic oxidation sites excluding steroid dienone is 4. The van der Waals surface area contributed by atoms with Gasteiger partial charge in [0.15, 0.2) is 11.7 Å². The first kappa shape index (κ1) is 10.0. The Hall–Kier alpha value is -0.960. The van der Waals surface area contributed by atoms with Gasteiger partial charge in [-0.25, -0.2) is 8.78 Å². The lowest BCUT2D eigenvalue weighted by atomic mass is 10.2. The third-order valence-electron chi connectivity index (χ3n) is 0.891. The fourth-order valence-corrected chi connectivity index (χ4v) is 0.403. The first-order valence-electron chi connectivity index (χ1n) is 2.57. The van der Waals surface area contributed by atoms with Gasteiger partial charge in [0.1, 0.15) is 0 Å². The average Bonchev–Trinajstić information content (AvgIpc) is 2.00. The Morgan fingerprint density at radius 1 is 1.45 bits per heavy atom. The highest BCUT2D eigenvalue weighted by Crippen LogP contribution is 2.18. The maximum Gasteiger partial charge on any atom is 0.254 e. The average molecular weight is 179 g/mol. The molecule has 0 atom stereocenters. The van der Waals surface area contributed by atoms with Crippen molar-refractivity contribution in [3.8, 4) is 0 Å². The van der Waals surface area contributed by atoms with E-state index in [4.69, 9.17) is 11.6 Å². The molecule has 0 rings (SSSR count). The second kappa shape index (κ2) is 4.03. The molecule has 0 aliphatic carbocycles. The lowest BCUT2D eigenvalue weighted by Crippen LogP contribution is -1.93. The summed E-state index contributed by atoms with van der Waals surface area (Å²) in [6, 6.07) is 0. The van der Waals surface area contributed by atoms with Gasteiger partial charge in [-0.3, -0.25) is 4.79 Å². The molecule has 0 saturated heterocycles. The van der Waals surface area contributed by atoms with Crippen molar-refractivity contribution in [2.75, 3.05) is 0 Å². The molecule has 4 heteroatoms. The minimum Gasteiger partial charge on any atom is -0.276 e. The molecule has 0 aromatic heterocycles. The summed E-state index contributed by atoms with van der Waals surface area (Å²) in [7, 11) is 0. The number of hydrogen-bond donors (Lipinski definition) is 0. The van der Waals surface area contributed by atoms with E-state index in [2.05, 4.69) is 13.2 Å². The van der Waals surface area contributed by atoms with Crippen molar-refractivity contribution in [3.05, 3.63) is 36.5 Å². The first-order chi connectivity index (χ1) is 5.00. The van der Waals surface area contributed by atoms with Crippen molar-refractivity contribution in [1.82, 2.24) is 0 Å². The highest BCUT2D eigenvalue weighted by Gasteiger charge is 2.12. The van der Waals surface area contributed by atoms with Crippen LogP contribution in [0.4, 0.5) is 8.78 Å². The van der Waals surface area contributed by atoms with E-state index in [1.165, 1.54) is 0 Å². The van der Waals surface area contributed by atoms with Crippen LogP contribution in [-0.4, -0.2) is 5.24 Å². The van der Waals surface area contributed by atoms with Gasteiger partial charge in [-0.1, -0.05) is 13.2 Å². The van der Waals surface area contributed by atoms with Gasteiger partial charge in [0, 0.05) is 0 Å². The van der Waals surface area contributed by atoms with Gasteiger partial charge in [0.25, 0.3) is 5.24 Å². The molecule has 1 nitrogen and oxygen atoms in total. The number of carbonyl (C=O) groups excluding carboxylic acids is 1. The van der Waals surface area contributed by atoms with E-state index in [1.807, 2.05) is 0 Å². The molecule has 0 aromatic carbocycles. The maximum absolute atomic E-state index is 12.5. The van der Waals surface area contributed by atoms with Crippen LogP contribution >= 0.6 is 11.6 Å². The van der Waals surface area contributed by atoms with Crippen LogP contribution in [0.15, 0.2) is 36.5 Å². The van der Waals surface area contributed by atoms with E-state index >= 15 is 0 Å². The quantitative estimate of drug-likeness (QED) is 0.369. The van der Waals surface area contributed by atoms with Gasteiger partial charge in [0.2, 0.25) is 0 Å². The molecule has 0 spiro atoms. The lowest BCUT2D eigenvalue weighted by Gasteiger charge is -1.94. The molecule has 0 saturated carbocycles. The Kier molecular flexibility index (Phi) is 3.68. The van der Waals surface area contributed by atoms with Crippen molar-refractivity contribution in [1.29, 1.82) is 0 Å². The minimum absolute atomic E-state index is 0.625. The van der Waals surface area contributed by atoms with Crippen LogP contribution in [0.2, 0.25) is 0 Å². The predicted molar refractivity (Wildman–Crippen MR) is 39.4 cm³/mol. The normalized spacial score (nSPS) is 11.9. The van der Waals surface area contributed by atoms with Crippen LogP contribution in [0.3, 0.4) is 0 Å². The summed E-state index contributed by atoms with van der Waals surface area (Å²) in [6.45, 7) is 5.88. The molecule has 0 aliphatic rings. The molecule has 0 N–H and O–H groups in total.